The summed E-state index contributed by atoms with van der Waals surface area (Å²) < 4.78 is 0. The van der Waals surface area contributed by atoms with E-state index in [4.69, 9.17) is 0 Å². The summed E-state index contributed by atoms with van der Waals surface area (Å²) in [5, 5.41) is 5.69. The Morgan fingerprint density at radius 2 is 2.12 bits per heavy atom. The first kappa shape index (κ1) is 11.0. The number of hydrogen-bond donors (Lipinski definition) is 1. The minimum Gasteiger partial charge on any atom is -0.312 e. The average Bonchev–Trinajstić information content (AvgIpc) is 2.72. The Labute approximate surface area is 106 Å². The molecular weight excluding hydrogens is 226 g/mol. The van der Waals surface area contributed by atoms with Crippen LogP contribution in [0.1, 0.15) is 33.5 Å². The van der Waals surface area contributed by atoms with Crippen LogP contribution in [-0.2, 0) is 6.42 Å². The largest absolute Gasteiger partial charge is 0.312 e. The quantitative estimate of drug-likeness (QED) is 0.867. The standard InChI is InChI=1S/C15H17NS/c1-10-7-8-17-15(10)14(16-2)13-9-11-5-3-4-6-12(11)13/h3-8,13-14,16H,9H2,1-2H3. The van der Waals surface area contributed by atoms with Gasteiger partial charge in [-0.3, -0.25) is 0 Å². The molecule has 0 spiro atoms. The van der Waals surface area contributed by atoms with Crippen LogP contribution in [0.4, 0.5) is 0 Å². The normalized spacial score (nSPS) is 19.5. The summed E-state index contributed by atoms with van der Waals surface area (Å²) in [4.78, 5) is 1.49. The van der Waals surface area contributed by atoms with Gasteiger partial charge in [0.2, 0.25) is 0 Å². The Morgan fingerprint density at radius 1 is 1.29 bits per heavy atom. The molecule has 1 aliphatic rings. The number of nitrogens with one attached hydrogen (secondary N) is 1. The molecule has 88 valence electrons. The van der Waals surface area contributed by atoms with E-state index in [-0.39, 0.29) is 0 Å². The van der Waals surface area contributed by atoms with E-state index in [9.17, 15) is 0 Å². The van der Waals surface area contributed by atoms with E-state index in [1.165, 1.54) is 28.0 Å². The number of thiophene rings is 1. The highest BCUT2D eigenvalue weighted by molar-refractivity contribution is 7.10. The molecule has 2 heteroatoms. The second-order valence-electron chi connectivity index (χ2n) is 4.74. The van der Waals surface area contributed by atoms with Gasteiger partial charge in [-0.15, -0.1) is 11.3 Å². The summed E-state index contributed by atoms with van der Waals surface area (Å²) in [6.45, 7) is 2.21. The third kappa shape index (κ3) is 1.72. The van der Waals surface area contributed by atoms with Gasteiger partial charge in [0.25, 0.3) is 0 Å². The molecule has 1 heterocycles. The van der Waals surface area contributed by atoms with Gasteiger partial charge in [-0.05, 0) is 48.5 Å². The maximum Gasteiger partial charge on any atom is 0.0487 e. The van der Waals surface area contributed by atoms with Gasteiger partial charge in [-0.2, -0.15) is 0 Å². The predicted molar refractivity (Wildman–Crippen MR) is 73.7 cm³/mol. The van der Waals surface area contributed by atoms with Gasteiger partial charge in [0.05, 0.1) is 0 Å². The molecule has 0 saturated carbocycles. The topological polar surface area (TPSA) is 12.0 Å². The first-order chi connectivity index (χ1) is 8.31. The number of aryl methyl sites for hydroxylation is 1. The number of rotatable bonds is 3. The number of hydrogen-bond acceptors (Lipinski definition) is 2. The number of likely N-dealkylation sites (N-methyl/N-ethyl adjacent to an activating group) is 1. The van der Waals surface area contributed by atoms with E-state index in [0.717, 1.165) is 0 Å². The number of benzene rings is 1. The van der Waals surface area contributed by atoms with Crippen molar-refractivity contribution in [1.29, 1.82) is 0 Å². The zero-order valence-electron chi connectivity index (χ0n) is 10.2. The molecule has 1 aromatic carbocycles. The fourth-order valence-corrected chi connectivity index (χ4v) is 3.91. The summed E-state index contributed by atoms with van der Waals surface area (Å²) in [5.74, 6) is 0.647. The molecule has 1 nitrogen and oxygen atoms in total. The van der Waals surface area contributed by atoms with Crippen LogP contribution in [-0.4, -0.2) is 7.05 Å². The highest BCUT2D eigenvalue weighted by Crippen LogP contribution is 2.45. The second-order valence-corrected chi connectivity index (χ2v) is 5.69. The molecule has 2 unspecified atom stereocenters. The molecule has 17 heavy (non-hydrogen) atoms. The van der Waals surface area contributed by atoms with Gasteiger partial charge in [0.1, 0.15) is 0 Å². The monoisotopic (exact) mass is 243 g/mol. The third-order valence-electron chi connectivity index (χ3n) is 3.79. The Balaban J connectivity index is 1.93. The number of fused-ring (bicyclic) bond motifs is 1. The second kappa shape index (κ2) is 4.28. The lowest BCUT2D eigenvalue weighted by atomic mass is 9.73. The van der Waals surface area contributed by atoms with Gasteiger partial charge >= 0.3 is 0 Å². The molecule has 0 bridgehead atoms. The Kier molecular flexibility index (Phi) is 2.77. The van der Waals surface area contributed by atoms with Crippen molar-refractivity contribution >= 4 is 11.3 Å². The van der Waals surface area contributed by atoms with Crippen molar-refractivity contribution in [2.24, 2.45) is 0 Å². The third-order valence-corrected chi connectivity index (χ3v) is 4.89. The van der Waals surface area contributed by atoms with Crippen molar-refractivity contribution in [2.75, 3.05) is 7.05 Å². The minimum absolute atomic E-state index is 0.477. The van der Waals surface area contributed by atoms with Gasteiger partial charge in [0, 0.05) is 16.8 Å². The summed E-state index contributed by atoms with van der Waals surface area (Å²) in [6.07, 6.45) is 1.21. The summed E-state index contributed by atoms with van der Waals surface area (Å²) in [5.41, 5.74) is 4.46. The van der Waals surface area contributed by atoms with Crippen molar-refractivity contribution < 1.29 is 0 Å². The fourth-order valence-electron chi connectivity index (χ4n) is 2.81. The van der Waals surface area contributed by atoms with Crippen LogP contribution in [0.25, 0.3) is 0 Å². The van der Waals surface area contributed by atoms with Crippen molar-refractivity contribution in [1.82, 2.24) is 5.32 Å². The zero-order valence-corrected chi connectivity index (χ0v) is 11.1. The SMILES string of the molecule is CNC(c1sccc1C)C1Cc2ccccc21. The molecule has 0 amide bonds. The lowest BCUT2D eigenvalue weighted by Gasteiger charge is -2.36. The lowest BCUT2D eigenvalue weighted by Crippen LogP contribution is -2.31. The molecular formula is C15H17NS. The summed E-state index contributed by atoms with van der Waals surface area (Å²) in [6, 6.07) is 11.5. The molecule has 0 fully saturated rings. The van der Waals surface area contributed by atoms with Crippen LogP contribution in [0.3, 0.4) is 0 Å². The molecule has 0 aliphatic heterocycles. The first-order valence-electron chi connectivity index (χ1n) is 6.10. The molecule has 0 saturated heterocycles. The average molecular weight is 243 g/mol. The van der Waals surface area contributed by atoms with Gasteiger partial charge in [0.15, 0.2) is 0 Å². The van der Waals surface area contributed by atoms with E-state index in [1.54, 1.807) is 0 Å². The highest BCUT2D eigenvalue weighted by atomic mass is 32.1. The van der Waals surface area contributed by atoms with Crippen LogP contribution >= 0.6 is 11.3 Å². The molecule has 3 rings (SSSR count). The maximum absolute atomic E-state index is 3.50. The van der Waals surface area contributed by atoms with Crippen LogP contribution in [0.5, 0.6) is 0 Å². The van der Waals surface area contributed by atoms with Gasteiger partial charge in [-0.1, -0.05) is 24.3 Å². The van der Waals surface area contributed by atoms with E-state index < -0.39 is 0 Å². The zero-order chi connectivity index (χ0) is 11.8. The van der Waals surface area contributed by atoms with E-state index >= 15 is 0 Å². The molecule has 1 aliphatic carbocycles. The Morgan fingerprint density at radius 3 is 2.76 bits per heavy atom. The Hall–Kier alpha value is -1.12. The highest BCUT2D eigenvalue weighted by Gasteiger charge is 2.33. The first-order valence-corrected chi connectivity index (χ1v) is 6.98. The molecule has 0 radical (unpaired) electrons. The van der Waals surface area contributed by atoms with Gasteiger partial charge < -0.3 is 5.32 Å². The smallest absolute Gasteiger partial charge is 0.0487 e. The van der Waals surface area contributed by atoms with E-state index in [0.29, 0.717) is 12.0 Å². The Bertz CT molecular complexity index is 529. The predicted octanol–water partition coefficient (Wildman–Crippen LogP) is 3.66. The van der Waals surface area contributed by atoms with Gasteiger partial charge in [-0.25, -0.2) is 0 Å². The molecule has 2 atom stereocenters. The molecule has 2 aromatic rings. The van der Waals surface area contributed by atoms with Crippen molar-refractivity contribution in [3.8, 4) is 0 Å². The van der Waals surface area contributed by atoms with Crippen LogP contribution < -0.4 is 5.32 Å². The lowest BCUT2D eigenvalue weighted by molar-refractivity contribution is 0.443. The van der Waals surface area contributed by atoms with Crippen LogP contribution in [0.2, 0.25) is 0 Å². The summed E-state index contributed by atoms with van der Waals surface area (Å²) >= 11 is 1.87. The summed E-state index contributed by atoms with van der Waals surface area (Å²) in [7, 11) is 2.07. The van der Waals surface area contributed by atoms with Crippen molar-refractivity contribution in [2.45, 2.75) is 25.3 Å². The van der Waals surface area contributed by atoms with Crippen molar-refractivity contribution in [3.63, 3.8) is 0 Å². The van der Waals surface area contributed by atoms with E-state index in [1.807, 2.05) is 11.3 Å². The van der Waals surface area contributed by atoms with Crippen molar-refractivity contribution in [3.05, 3.63) is 57.3 Å². The molecule has 1 aromatic heterocycles. The van der Waals surface area contributed by atoms with Crippen LogP contribution in [0.15, 0.2) is 35.7 Å². The maximum atomic E-state index is 3.50. The van der Waals surface area contributed by atoms with Crippen LogP contribution in [0, 0.1) is 6.92 Å². The fraction of sp³-hybridized carbons (Fsp3) is 0.333. The van der Waals surface area contributed by atoms with E-state index in [2.05, 4.69) is 55.0 Å². The molecule has 1 N–H and O–H groups in total. The minimum atomic E-state index is 0.477.